The van der Waals surface area contributed by atoms with E-state index < -0.39 is 0 Å². The molecule has 0 saturated carbocycles. The van der Waals surface area contributed by atoms with Gasteiger partial charge in [-0.05, 0) is 30.1 Å². The summed E-state index contributed by atoms with van der Waals surface area (Å²) in [4.78, 5) is 12.1. The minimum Gasteiger partial charge on any atom is -0.288 e. The van der Waals surface area contributed by atoms with Crippen molar-refractivity contribution >= 4 is 17.3 Å². The summed E-state index contributed by atoms with van der Waals surface area (Å²) in [6.07, 6.45) is 1.38. The lowest BCUT2D eigenvalue weighted by molar-refractivity contribution is 0.104. The van der Waals surface area contributed by atoms with E-state index in [0.717, 1.165) is 11.5 Å². The number of ketones is 1. The predicted molar refractivity (Wildman–Crippen MR) is 54.5 cm³/mol. The van der Waals surface area contributed by atoms with Crippen molar-refractivity contribution in [1.29, 1.82) is 0 Å². The van der Waals surface area contributed by atoms with Gasteiger partial charge in [0.2, 0.25) is 5.78 Å². The maximum absolute atomic E-state index is 13.2. The van der Waals surface area contributed by atoms with Gasteiger partial charge in [0.15, 0.2) is 0 Å². The highest BCUT2D eigenvalue weighted by Gasteiger charge is 2.12. The Morgan fingerprint density at radius 2 is 2.27 bits per heavy atom. The molecule has 0 aliphatic rings. The van der Waals surface area contributed by atoms with Crippen LogP contribution in [0.15, 0.2) is 24.4 Å². The van der Waals surface area contributed by atoms with Crippen LogP contribution in [-0.4, -0.2) is 15.4 Å². The summed E-state index contributed by atoms with van der Waals surface area (Å²) in [5, 5.41) is 3.56. The summed E-state index contributed by atoms with van der Waals surface area (Å²) >= 11 is 1.00. The third kappa shape index (κ3) is 1.92. The zero-order chi connectivity index (χ0) is 10.8. The smallest absolute Gasteiger partial charge is 0.206 e. The van der Waals surface area contributed by atoms with E-state index >= 15 is 0 Å². The van der Waals surface area contributed by atoms with E-state index in [0.29, 0.717) is 16.0 Å². The second-order valence-electron chi connectivity index (χ2n) is 3.07. The molecular formula is C10H7FN2OS. The predicted octanol–water partition coefficient (Wildman–Crippen LogP) is 2.22. The number of hydrogen-bond donors (Lipinski definition) is 0. The molecule has 0 aliphatic carbocycles. The topological polar surface area (TPSA) is 42.9 Å². The van der Waals surface area contributed by atoms with Gasteiger partial charge in [-0.1, -0.05) is 16.6 Å². The number of benzene rings is 1. The number of hydrogen-bond acceptors (Lipinski definition) is 4. The molecule has 5 heteroatoms. The zero-order valence-corrected chi connectivity index (χ0v) is 8.71. The van der Waals surface area contributed by atoms with Crippen molar-refractivity contribution in [2.24, 2.45) is 0 Å². The molecule has 0 fully saturated rings. The van der Waals surface area contributed by atoms with Crippen molar-refractivity contribution in [3.05, 3.63) is 46.2 Å². The molecule has 0 saturated heterocycles. The molecule has 0 spiro atoms. The fraction of sp³-hybridized carbons (Fsp3) is 0.100. The van der Waals surface area contributed by atoms with Crippen molar-refractivity contribution in [3.8, 4) is 0 Å². The quantitative estimate of drug-likeness (QED) is 0.732. The third-order valence-electron chi connectivity index (χ3n) is 2.02. The first kappa shape index (κ1) is 9.92. The second kappa shape index (κ2) is 3.86. The number of nitrogens with zero attached hydrogens (tertiary/aromatic N) is 2. The van der Waals surface area contributed by atoms with Gasteiger partial charge in [-0.15, -0.1) is 5.10 Å². The highest BCUT2D eigenvalue weighted by molar-refractivity contribution is 7.08. The van der Waals surface area contributed by atoms with Crippen molar-refractivity contribution < 1.29 is 9.18 Å². The number of aromatic nitrogens is 2. The molecule has 0 bridgehead atoms. The van der Waals surface area contributed by atoms with E-state index in [1.165, 1.54) is 12.3 Å². The van der Waals surface area contributed by atoms with Crippen molar-refractivity contribution in [1.82, 2.24) is 9.59 Å². The lowest BCUT2D eigenvalue weighted by atomic mass is 10.1. The van der Waals surface area contributed by atoms with Crippen LogP contribution in [0, 0.1) is 12.7 Å². The van der Waals surface area contributed by atoms with E-state index in [2.05, 4.69) is 9.59 Å². The highest BCUT2D eigenvalue weighted by Crippen LogP contribution is 2.14. The standard InChI is InChI=1S/C10H7FN2OS/c1-6-2-3-7(4-8(6)11)10(14)9-5-12-13-15-9/h2-5H,1H3. The lowest BCUT2D eigenvalue weighted by Crippen LogP contribution is -1.99. The first-order valence-electron chi connectivity index (χ1n) is 4.26. The Bertz CT molecular complexity index is 496. The summed E-state index contributed by atoms with van der Waals surface area (Å²) < 4.78 is 16.8. The largest absolute Gasteiger partial charge is 0.288 e. The number of halogens is 1. The summed E-state index contributed by atoms with van der Waals surface area (Å²) in [5.74, 6) is -0.623. The average molecular weight is 222 g/mol. The lowest BCUT2D eigenvalue weighted by Gasteiger charge is -1.99. The minimum atomic E-state index is -0.377. The number of aryl methyl sites for hydroxylation is 1. The van der Waals surface area contributed by atoms with Crippen molar-refractivity contribution in [3.63, 3.8) is 0 Å². The van der Waals surface area contributed by atoms with Crippen LogP contribution < -0.4 is 0 Å². The maximum atomic E-state index is 13.2. The Hall–Kier alpha value is -1.62. The Morgan fingerprint density at radius 3 is 2.87 bits per heavy atom. The van der Waals surface area contributed by atoms with Crippen LogP contribution in [0.1, 0.15) is 20.8 Å². The average Bonchev–Trinajstić information content (AvgIpc) is 2.74. The van der Waals surface area contributed by atoms with Gasteiger partial charge in [0.05, 0.1) is 6.20 Å². The molecule has 0 aliphatic heterocycles. The van der Waals surface area contributed by atoms with Crippen LogP contribution in [0.3, 0.4) is 0 Å². The van der Waals surface area contributed by atoms with Crippen LogP contribution in [0.25, 0.3) is 0 Å². The molecule has 1 aromatic heterocycles. The molecule has 0 atom stereocenters. The number of rotatable bonds is 2. The highest BCUT2D eigenvalue weighted by atomic mass is 32.1. The van der Waals surface area contributed by atoms with Gasteiger partial charge >= 0.3 is 0 Å². The normalized spacial score (nSPS) is 10.3. The first-order chi connectivity index (χ1) is 7.18. The van der Waals surface area contributed by atoms with Crippen LogP contribution in [0.5, 0.6) is 0 Å². The maximum Gasteiger partial charge on any atom is 0.206 e. The van der Waals surface area contributed by atoms with E-state index in [9.17, 15) is 9.18 Å². The second-order valence-corrected chi connectivity index (χ2v) is 3.86. The first-order valence-corrected chi connectivity index (χ1v) is 5.04. The van der Waals surface area contributed by atoms with Gasteiger partial charge < -0.3 is 0 Å². The Morgan fingerprint density at radius 1 is 1.47 bits per heavy atom. The van der Waals surface area contributed by atoms with Crippen LogP contribution >= 0.6 is 11.5 Å². The van der Waals surface area contributed by atoms with Crippen LogP contribution in [0.4, 0.5) is 4.39 Å². The van der Waals surface area contributed by atoms with E-state index in [1.54, 1.807) is 19.1 Å². The van der Waals surface area contributed by atoms with E-state index in [-0.39, 0.29) is 11.6 Å². The SMILES string of the molecule is Cc1ccc(C(=O)c2cnns2)cc1F. The fourth-order valence-corrected chi connectivity index (χ4v) is 1.62. The van der Waals surface area contributed by atoms with Gasteiger partial charge in [0.25, 0.3) is 0 Å². The van der Waals surface area contributed by atoms with Gasteiger partial charge in [0.1, 0.15) is 10.7 Å². The molecule has 76 valence electrons. The molecule has 0 N–H and O–H groups in total. The molecule has 3 nitrogen and oxygen atoms in total. The summed E-state index contributed by atoms with van der Waals surface area (Å²) in [6, 6.07) is 4.41. The summed E-state index contributed by atoms with van der Waals surface area (Å²) in [5.41, 5.74) is 0.845. The Kier molecular flexibility index (Phi) is 2.55. The number of carbonyl (C=O) groups is 1. The molecule has 0 unspecified atom stereocenters. The molecule has 0 radical (unpaired) electrons. The van der Waals surface area contributed by atoms with Gasteiger partial charge in [-0.3, -0.25) is 4.79 Å². The van der Waals surface area contributed by atoms with Gasteiger partial charge in [0, 0.05) is 5.56 Å². The van der Waals surface area contributed by atoms with Gasteiger partial charge in [-0.25, -0.2) is 4.39 Å². The molecule has 15 heavy (non-hydrogen) atoms. The van der Waals surface area contributed by atoms with Crippen molar-refractivity contribution in [2.45, 2.75) is 6.92 Å². The van der Waals surface area contributed by atoms with Crippen LogP contribution in [0.2, 0.25) is 0 Å². The molecular weight excluding hydrogens is 215 g/mol. The fourth-order valence-electron chi connectivity index (χ4n) is 1.14. The molecule has 2 aromatic rings. The minimum absolute atomic E-state index is 0.246. The molecule has 1 aromatic carbocycles. The van der Waals surface area contributed by atoms with Crippen LogP contribution in [-0.2, 0) is 0 Å². The molecule has 0 amide bonds. The summed E-state index contributed by atoms with van der Waals surface area (Å²) in [6.45, 7) is 1.65. The van der Waals surface area contributed by atoms with Gasteiger partial charge in [-0.2, -0.15) is 0 Å². The number of carbonyl (C=O) groups excluding carboxylic acids is 1. The third-order valence-corrected chi connectivity index (χ3v) is 2.68. The van der Waals surface area contributed by atoms with E-state index in [4.69, 9.17) is 0 Å². The molecule has 2 rings (SSSR count). The zero-order valence-electron chi connectivity index (χ0n) is 7.90. The molecule has 1 heterocycles. The Balaban J connectivity index is 2.39. The van der Waals surface area contributed by atoms with E-state index in [1.807, 2.05) is 0 Å². The monoisotopic (exact) mass is 222 g/mol. The Labute approximate surface area is 89.7 Å². The summed E-state index contributed by atoms with van der Waals surface area (Å²) in [7, 11) is 0. The van der Waals surface area contributed by atoms with Crippen molar-refractivity contribution in [2.75, 3.05) is 0 Å².